The van der Waals surface area contributed by atoms with E-state index >= 15 is 0 Å². The molecule has 0 saturated heterocycles. The Balaban J connectivity index is 2.16. The topological polar surface area (TPSA) is 30.7 Å². The van der Waals surface area contributed by atoms with Gasteiger partial charge in [-0.15, -0.1) is 16.7 Å². The van der Waals surface area contributed by atoms with Crippen LogP contribution < -0.4 is 0 Å². The van der Waals surface area contributed by atoms with Gasteiger partial charge in [-0.25, -0.2) is 9.07 Å². The third kappa shape index (κ3) is 2.67. The number of hydrogen-bond donors (Lipinski definition) is 0. The van der Waals surface area contributed by atoms with Gasteiger partial charge in [-0.2, -0.15) is 0 Å². The van der Waals surface area contributed by atoms with Gasteiger partial charge in [0.05, 0.1) is 17.3 Å². The number of nitrogens with zero attached hydrogens (tertiary/aromatic N) is 3. The van der Waals surface area contributed by atoms with Crippen LogP contribution in [0.1, 0.15) is 11.3 Å². The summed E-state index contributed by atoms with van der Waals surface area (Å²) in [7, 11) is 0. The first-order valence-corrected chi connectivity index (χ1v) is 7.06. The summed E-state index contributed by atoms with van der Waals surface area (Å²) in [4.78, 5) is 0. The summed E-state index contributed by atoms with van der Waals surface area (Å²) < 4.78 is 14.8. The fourth-order valence-corrected chi connectivity index (χ4v) is 2.35. The number of halogens is 2. The largest absolute Gasteiger partial charge is 0.213 e. The van der Waals surface area contributed by atoms with E-state index in [1.165, 1.54) is 17.7 Å². The predicted octanol–water partition coefficient (Wildman–Crippen LogP) is 4.12. The number of hydrogen-bond acceptors (Lipinski definition) is 2. The molecule has 21 heavy (non-hydrogen) atoms. The first-order valence-electron chi connectivity index (χ1n) is 6.52. The summed E-state index contributed by atoms with van der Waals surface area (Å²) in [6, 6.07) is 14.2. The van der Waals surface area contributed by atoms with Crippen molar-refractivity contribution in [2.24, 2.45) is 0 Å². The molecule has 3 nitrogen and oxygen atoms in total. The maximum Gasteiger partial charge on any atom is 0.123 e. The SMILES string of the molecule is Cc1ccc(-n2nnc(CCl)c2-c2ccc(F)cc2)cc1. The minimum atomic E-state index is -0.277. The van der Waals surface area contributed by atoms with Crippen molar-refractivity contribution in [2.45, 2.75) is 12.8 Å². The molecule has 0 atom stereocenters. The van der Waals surface area contributed by atoms with Gasteiger partial charge in [0.25, 0.3) is 0 Å². The van der Waals surface area contributed by atoms with Crippen molar-refractivity contribution in [3.63, 3.8) is 0 Å². The van der Waals surface area contributed by atoms with Gasteiger partial charge in [0.15, 0.2) is 0 Å². The summed E-state index contributed by atoms with van der Waals surface area (Å²) in [6.07, 6.45) is 0. The molecule has 0 aliphatic rings. The molecule has 0 radical (unpaired) electrons. The van der Waals surface area contributed by atoms with E-state index in [0.717, 1.165) is 16.9 Å². The highest BCUT2D eigenvalue weighted by atomic mass is 35.5. The summed E-state index contributed by atoms with van der Waals surface area (Å²) >= 11 is 5.95. The molecular formula is C16H13ClFN3. The summed E-state index contributed by atoms with van der Waals surface area (Å²) in [6.45, 7) is 2.02. The zero-order valence-electron chi connectivity index (χ0n) is 11.4. The van der Waals surface area contributed by atoms with Crippen LogP contribution in [0.2, 0.25) is 0 Å². The Morgan fingerprint density at radius 2 is 1.71 bits per heavy atom. The molecule has 3 rings (SSSR count). The number of alkyl halides is 1. The van der Waals surface area contributed by atoms with Crippen LogP contribution in [0.5, 0.6) is 0 Å². The molecule has 0 spiro atoms. The normalized spacial score (nSPS) is 10.8. The average Bonchev–Trinajstić information content (AvgIpc) is 2.93. The minimum absolute atomic E-state index is 0.249. The summed E-state index contributed by atoms with van der Waals surface area (Å²) in [5, 5.41) is 8.29. The second-order valence-electron chi connectivity index (χ2n) is 4.77. The van der Waals surface area contributed by atoms with Gasteiger partial charge < -0.3 is 0 Å². The number of benzene rings is 2. The highest BCUT2D eigenvalue weighted by molar-refractivity contribution is 6.17. The predicted molar refractivity (Wildman–Crippen MR) is 81.0 cm³/mol. The van der Waals surface area contributed by atoms with E-state index in [4.69, 9.17) is 11.6 Å². The van der Waals surface area contributed by atoms with Crippen molar-refractivity contribution >= 4 is 11.6 Å². The maximum absolute atomic E-state index is 13.1. The average molecular weight is 302 g/mol. The first-order chi connectivity index (χ1) is 10.2. The van der Waals surface area contributed by atoms with Crippen molar-refractivity contribution in [1.29, 1.82) is 0 Å². The molecule has 106 valence electrons. The van der Waals surface area contributed by atoms with E-state index in [1.54, 1.807) is 16.8 Å². The Hall–Kier alpha value is -2.20. The molecule has 0 bridgehead atoms. The Labute approximate surface area is 127 Å². The molecule has 0 unspecified atom stereocenters. The van der Waals surface area contributed by atoms with Crippen LogP contribution in [-0.4, -0.2) is 15.0 Å². The molecule has 0 N–H and O–H groups in total. The second kappa shape index (κ2) is 5.66. The molecule has 5 heteroatoms. The highest BCUT2D eigenvalue weighted by Crippen LogP contribution is 2.26. The van der Waals surface area contributed by atoms with E-state index in [-0.39, 0.29) is 11.7 Å². The van der Waals surface area contributed by atoms with Gasteiger partial charge >= 0.3 is 0 Å². The lowest BCUT2D eigenvalue weighted by atomic mass is 10.1. The molecule has 1 aromatic heterocycles. The monoisotopic (exact) mass is 301 g/mol. The Morgan fingerprint density at radius 3 is 2.33 bits per heavy atom. The third-order valence-electron chi connectivity index (χ3n) is 3.26. The van der Waals surface area contributed by atoms with Crippen LogP contribution in [0.25, 0.3) is 16.9 Å². The van der Waals surface area contributed by atoms with Crippen LogP contribution in [0.4, 0.5) is 4.39 Å². The molecule has 0 fully saturated rings. The zero-order valence-corrected chi connectivity index (χ0v) is 12.2. The lowest BCUT2D eigenvalue weighted by Crippen LogP contribution is -2.00. The summed E-state index contributed by atoms with van der Waals surface area (Å²) in [5.74, 6) is -0.0287. The van der Waals surface area contributed by atoms with E-state index in [9.17, 15) is 4.39 Å². The van der Waals surface area contributed by atoms with Crippen LogP contribution in [0.3, 0.4) is 0 Å². The van der Waals surface area contributed by atoms with Gasteiger partial charge in [0.2, 0.25) is 0 Å². The van der Waals surface area contributed by atoms with Gasteiger partial charge in [-0.3, -0.25) is 0 Å². The number of aromatic nitrogens is 3. The standard InChI is InChI=1S/C16H13ClFN3/c1-11-2-8-14(9-3-11)21-16(15(10-17)19-20-21)12-4-6-13(18)7-5-12/h2-9H,10H2,1H3. The molecule has 1 heterocycles. The van der Waals surface area contributed by atoms with Crippen molar-refractivity contribution in [3.8, 4) is 16.9 Å². The van der Waals surface area contributed by atoms with Crippen LogP contribution >= 0.6 is 11.6 Å². The highest BCUT2D eigenvalue weighted by Gasteiger charge is 2.15. The molecule has 2 aromatic carbocycles. The maximum atomic E-state index is 13.1. The van der Waals surface area contributed by atoms with Gasteiger partial charge in [0, 0.05) is 5.56 Å². The molecule has 0 saturated carbocycles. The van der Waals surface area contributed by atoms with Crippen molar-refractivity contribution in [2.75, 3.05) is 0 Å². The first kappa shape index (κ1) is 13.8. The van der Waals surface area contributed by atoms with Gasteiger partial charge in [-0.1, -0.05) is 22.9 Å². The fraction of sp³-hybridized carbons (Fsp3) is 0.125. The number of aryl methyl sites for hydroxylation is 1. The van der Waals surface area contributed by atoms with E-state index in [2.05, 4.69) is 10.3 Å². The lowest BCUT2D eigenvalue weighted by Gasteiger charge is -2.08. The Kier molecular flexibility index (Phi) is 3.71. The molecule has 0 amide bonds. The van der Waals surface area contributed by atoms with Gasteiger partial charge in [0.1, 0.15) is 11.5 Å². The van der Waals surface area contributed by atoms with E-state index in [0.29, 0.717) is 5.69 Å². The van der Waals surface area contributed by atoms with Crippen molar-refractivity contribution in [1.82, 2.24) is 15.0 Å². The van der Waals surface area contributed by atoms with Gasteiger partial charge in [-0.05, 0) is 43.3 Å². The Morgan fingerprint density at radius 1 is 1.05 bits per heavy atom. The van der Waals surface area contributed by atoms with Crippen LogP contribution in [-0.2, 0) is 5.88 Å². The molecule has 0 aliphatic carbocycles. The van der Waals surface area contributed by atoms with E-state index in [1.807, 2.05) is 31.2 Å². The molecular weight excluding hydrogens is 289 g/mol. The lowest BCUT2D eigenvalue weighted by molar-refractivity contribution is 0.628. The third-order valence-corrected chi connectivity index (χ3v) is 3.52. The Bertz CT molecular complexity index is 748. The van der Waals surface area contributed by atoms with Crippen molar-refractivity contribution in [3.05, 3.63) is 65.6 Å². The minimum Gasteiger partial charge on any atom is -0.213 e. The quantitative estimate of drug-likeness (QED) is 0.681. The molecule has 3 aromatic rings. The van der Waals surface area contributed by atoms with E-state index < -0.39 is 0 Å². The van der Waals surface area contributed by atoms with Crippen molar-refractivity contribution < 1.29 is 4.39 Å². The number of rotatable bonds is 3. The smallest absolute Gasteiger partial charge is 0.123 e. The second-order valence-corrected chi connectivity index (χ2v) is 5.04. The van der Waals surface area contributed by atoms with Crippen LogP contribution in [0.15, 0.2) is 48.5 Å². The fourth-order valence-electron chi connectivity index (χ4n) is 2.17. The molecule has 0 aliphatic heterocycles. The van der Waals surface area contributed by atoms with Crippen LogP contribution in [0, 0.1) is 12.7 Å². The zero-order chi connectivity index (χ0) is 14.8. The summed E-state index contributed by atoms with van der Waals surface area (Å²) in [5.41, 5.74) is 4.35.